The molecule has 0 unspecified atom stereocenters. The Hall–Kier alpha value is -2.73. The van der Waals surface area contributed by atoms with Gasteiger partial charge < -0.3 is 10.2 Å². The first kappa shape index (κ1) is 21.5. The van der Waals surface area contributed by atoms with Crippen LogP contribution in [0.15, 0.2) is 30.1 Å². The van der Waals surface area contributed by atoms with Crippen molar-refractivity contribution in [3.63, 3.8) is 0 Å². The van der Waals surface area contributed by atoms with Crippen LogP contribution in [0, 0.1) is 0 Å². The van der Waals surface area contributed by atoms with Crippen molar-refractivity contribution in [1.29, 1.82) is 0 Å². The fourth-order valence-electron chi connectivity index (χ4n) is 3.33. The van der Waals surface area contributed by atoms with E-state index in [1.807, 2.05) is 0 Å². The number of amides is 1. The van der Waals surface area contributed by atoms with Crippen LogP contribution in [0.2, 0.25) is 5.15 Å². The molecule has 0 saturated carbocycles. The Kier molecular flexibility index (Phi) is 6.37. The van der Waals surface area contributed by atoms with E-state index >= 15 is 0 Å². The van der Waals surface area contributed by atoms with Crippen molar-refractivity contribution in [3.8, 4) is 0 Å². The maximum Gasteiger partial charge on any atom is 0.257 e. The van der Waals surface area contributed by atoms with Crippen LogP contribution in [0.5, 0.6) is 0 Å². The number of thioether (sulfide) groups is 1. The molecule has 164 valence electrons. The van der Waals surface area contributed by atoms with E-state index in [4.69, 9.17) is 11.6 Å². The van der Waals surface area contributed by atoms with E-state index in [1.165, 1.54) is 30.2 Å². The number of fused-ring (bicyclic) bond motifs is 1. The van der Waals surface area contributed by atoms with Gasteiger partial charge in [-0.2, -0.15) is 15.2 Å². The molecule has 3 aromatic heterocycles. The van der Waals surface area contributed by atoms with Crippen LogP contribution in [-0.2, 0) is 11.3 Å². The highest BCUT2D eigenvalue weighted by molar-refractivity contribution is 8.00. The molecule has 2 N–H and O–H groups in total. The summed E-state index contributed by atoms with van der Waals surface area (Å²) in [6.07, 6.45) is 3.47. The van der Waals surface area contributed by atoms with Gasteiger partial charge >= 0.3 is 0 Å². The lowest BCUT2D eigenvalue weighted by atomic mass is 10.1. The van der Waals surface area contributed by atoms with Crippen molar-refractivity contribution in [3.05, 3.63) is 30.2 Å². The summed E-state index contributed by atoms with van der Waals surface area (Å²) in [5, 5.41) is 15.2. The van der Waals surface area contributed by atoms with Crippen molar-refractivity contribution in [2.24, 2.45) is 0 Å². The molecule has 0 radical (unpaired) electrons. The number of alkyl halides is 2. The fraction of sp³-hybridized carbons (Fsp3) is 0.389. The van der Waals surface area contributed by atoms with Crippen LogP contribution >= 0.6 is 23.4 Å². The lowest BCUT2D eigenvalue weighted by molar-refractivity contribution is -0.126. The maximum atomic E-state index is 12.5. The summed E-state index contributed by atoms with van der Waals surface area (Å²) < 4.78 is 26.2. The number of nitrogens with zero attached hydrogens (tertiary/aromatic N) is 6. The molecular weight excluding hydrogens is 450 g/mol. The van der Waals surface area contributed by atoms with Gasteiger partial charge in [-0.1, -0.05) is 18.2 Å². The number of hydrogen-bond acceptors (Lipinski definition) is 7. The Balaban J connectivity index is 1.57. The van der Waals surface area contributed by atoms with Crippen molar-refractivity contribution < 1.29 is 13.6 Å². The largest absolute Gasteiger partial charge is 0.338 e. The summed E-state index contributed by atoms with van der Waals surface area (Å²) in [4.78, 5) is 22.7. The minimum absolute atomic E-state index is 0.0948. The minimum atomic E-state index is -2.50. The zero-order chi connectivity index (χ0) is 22.0. The predicted molar refractivity (Wildman–Crippen MR) is 114 cm³/mol. The third-order valence-electron chi connectivity index (χ3n) is 4.70. The highest BCUT2D eigenvalue weighted by Gasteiger charge is 2.25. The molecule has 0 spiro atoms. The number of aromatic amines is 1. The molecule has 1 aliphatic rings. The number of aromatic nitrogens is 6. The monoisotopic (exact) mass is 468 g/mol. The molecule has 0 aliphatic carbocycles. The molecule has 1 amide bonds. The third kappa shape index (κ3) is 4.96. The van der Waals surface area contributed by atoms with Gasteiger partial charge in [0, 0.05) is 24.5 Å². The van der Waals surface area contributed by atoms with Gasteiger partial charge in [-0.25, -0.2) is 13.8 Å². The van der Waals surface area contributed by atoms with E-state index in [0.717, 1.165) is 17.5 Å². The predicted octanol–water partition coefficient (Wildman–Crippen LogP) is 3.48. The lowest BCUT2D eigenvalue weighted by Crippen LogP contribution is -2.40. The SMILES string of the molecule is C=CC(=O)N1CCC[C@@H](Sc2nc(Nc3cnn(CC(F)F)c3)nc3[nH]nc(Cl)c23)C1. The summed E-state index contributed by atoms with van der Waals surface area (Å²) in [5.74, 6) is 0.157. The van der Waals surface area contributed by atoms with Gasteiger partial charge in [0.25, 0.3) is 6.43 Å². The molecule has 0 bridgehead atoms. The van der Waals surface area contributed by atoms with Gasteiger partial charge in [0.05, 0.1) is 17.3 Å². The highest BCUT2D eigenvalue weighted by atomic mass is 35.5. The van der Waals surface area contributed by atoms with E-state index in [-0.39, 0.29) is 22.3 Å². The second-order valence-corrected chi connectivity index (χ2v) is 8.58. The van der Waals surface area contributed by atoms with Gasteiger partial charge in [-0.3, -0.25) is 14.6 Å². The van der Waals surface area contributed by atoms with Crippen LogP contribution in [0.1, 0.15) is 12.8 Å². The van der Waals surface area contributed by atoms with E-state index < -0.39 is 13.0 Å². The lowest BCUT2D eigenvalue weighted by Gasteiger charge is -2.31. The number of piperidine rings is 1. The first-order valence-electron chi connectivity index (χ1n) is 9.50. The number of likely N-dealkylation sites (tertiary alicyclic amines) is 1. The van der Waals surface area contributed by atoms with Gasteiger partial charge in [0.2, 0.25) is 11.9 Å². The minimum Gasteiger partial charge on any atom is -0.338 e. The molecule has 13 heteroatoms. The van der Waals surface area contributed by atoms with Crippen LogP contribution in [0.4, 0.5) is 20.4 Å². The average Bonchev–Trinajstić information content (AvgIpc) is 3.33. The van der Waals surface area contributed by atoms with Crippen molar-refractivity contribution in [2.75, 3.05) is 18.4 Å². The zero-order valence-electron chi connectivity index (χ0n) is 16.3. The number of halogens is 3. The van der Waals surface area contributed by atoms with Gasteiger partial charge in [0.1, 0.15) is 11.6 Å². The maximum absolute atomic E-state index is 12.5. The number of carbonyl (C=O) groups excluding carboxylic acids is 1. The number of H-pyrrole nitrogens is 1. The Morgan fingerprint density at radius 3 is 3.10 bits per heavy atom. The molecular formula is C18H19ClF2N8OS. The molecule has 1 saturated heterocycles. The quantitative estimate of drug-likeness (QED) is 0.404. The number of carbonyl (C=O) groups is 1. The smallest absolute Gasteiger partial charge is 0.257 e. The van der Waals surface area contributed by atoms with Crippen molar-refractivity contribution in [2.45, 2.75) is 36.1 Å². The van der Waals surface area contributed by atoms with Crippen LogP contribution < -0.4 is 5.32 Å². The average molecular weight is 469 g/mol. The van der Waals surface area contributed by atoms with Gasteiger partial charge in [0.15, 0.2) is 10.8 Å². The van der Waals surface area contributed by atoms with E-state index in [2.05, 4.69) is 37.2 Å². The Morgan fingerprint density at radius 1 is 1.48 bits per heavy atom. The Labute approximate surface area is 185 Å². The van der Waals surface area contributed by atoms with Crippen LogP contribution in [0.3, 0.4) is 0 Å². The molecule has 1 fully saturated rings. The third-order valence-corrected chi connectivity index (χ3v) is 6.21. The number of nitrogens with one attached hydrogen (secondary N) is 2. The van der Waals surface area contributed by atoms with Crippen LogP contribution in [-0.4, -0.2) is 65.5 Å². The Bertz CT molecular complexity index is 1100. The van der Waals surface area contributed by atoms with Crippen LogP contribution in [0.25, 0.3) is 11.0 Å². The summed E-state index contributed by atoms with van der Waals surface area (Å²) in [7, 11) is 0. The first-order valence-corrected chi connectivity index (χ1v) is 10.8. The second-order valence-electron chi connectivity index (χ2n) is 6.93. The summed E-state index contributed by atoms with van der Waals surface area (Å²) in [6, 6.07) is 0. The highest BCUT2D eigenvalue weighted by Crippen LogP contribution is 2.36. The normalized spacial score (nSPS) is 16.8. The van der Waals surface area contributed by atoms with Crippen molar-refractivity contribution >= 4 is 51.9 Å². The number of rotatable bonds is 7. The molecule has 1 atom stereocenters. The summed E-state index contributed by atoms with van der Waals surface area (Å²) >= 11 is 7.74. The number of anilines is 2. The van der Waals surface area contributed by atoms with E-state index in [9.17, 15) is 13.6 Å². The van der Waals surface area contributed by atoms with Crippen molar-refractivity contribution in [1.82, 2.24) is 34.8 Å². The first-order chi connectivity index (χ1) is 14.9. The van der Waals surface area contributed by atoms with Gasteiger partial charge in [-0.05, 0) is 18.9 Å². The topological polar surface area (TPSA) is 105 Å². The molecule has 0 aromatic carbocycles. The van der Waals surface area contributed by atoms with E-state index in [0.29, 0.717) is 34.8 Å². The van der Waals surface area contributed by atoms with E-state index in [1.54, 1.807) is 4.90 Å². The molecule has 1 aliphatic heterocycles. The molecule has 3 aromatic rings. The number of hydrogen-bond donors (Lipinski definition) is 2. The summed E-state index contributed by atoms with van der Waals surface area (Å²) in [6.45, 7) is 4.32. The molecule has 4 rings (SSSR count). The summed E-state index contributed by atoms with van der Waals surface area (Å²) in [5.41, 5.74) is 0.918. The Morgan fingerprint density at radius 2 is 2.32 bits per heavy atom. The zero-order valence-corrected chi connectivity index (χ0v) is 17.8. The molecule has 9 nitrogen and oxygen atoms in total. The second kappa shape index (κ2) is 9.18. The molecule has 4 heterocycles. The molecule has 31 heavy (non-hydrogen) atoms. The fourth-order valence-corrected chi connectivity index (χ4v) is 4.91. The van der Waals surface area contributed by atoms with Gasteiger partial charge in [-0.15, -0.1) is 11.8 Å². The standard InChI is InChI=1S/C18H19ClF2N8OS/c1-2-13(30)28-5-3-4-11(8-28)31-17-14-15(19)26-27-16(14)24-18(25-17)23-10-6-22-29(7-10)9-12(20)21/h2,6-7,11-12H,1,3-5,8-9H2,(H2,23,24,25,26,27)/t11-/m1/s1.